The van der Waals surface area contributed by atoms with E-state index in [2.05, 4.69) is 9.98 Å². The molecule has 0 bridgehead atoms. The second-order valence-corrected chi connectivity index (χ2v) is 8.75. The van der Waals surface area contributed by atoms with Gasteiger partial charge >= 0.3 is 0 Å². The van der Waals surface area contributed by atoms with Gasteiger partial charge in [0.05, 0.1) is 17.6 Å². The molecule has 2 heterocycles. The van der Waals surface area contributed by atoms with Crippen LogP contribution >= 0.6 is 0 Å². The number of sulfone groups is 1. The number of hydrogen-bond donors (Lipinski definition) is 1. The fraction of sp³-hybridized carbons (Fsp3) is 0.316. The fourth-order valence-corrected chi connectivity index (χ4v) is 4.10. The average molecular weight is 402 g/mol. The highest BCUT2D eigenvalue weighted by atomic mass is 32.2. The number of nitriles is 1. The minimum absolute atomic E-state index is 0.110. The van der Waals surface area contributed by atoms with E-state index in [1.807, 2.05) is 6.07 Å². The number of nitrogens with zero attached hydrogens (tertiary/aromatic N) is 4. The topological polar surface area (TPSA) is 107 Å². The maximum absolute atomic E-state index is 13.1. The Morgan fingerprint density at radius 3 is 2.54 bits per heavy atom. The van der Waals surface area contributed by atoms with Gasteiger partial charge < -0.3 is 10.0 Å². The van der Waals surface area contributed by atoms with Gasteiger partial charge in [0.1, 0.15) is 17.4 Å². The molecule has 1 aromatic heterocycles. The largest absolute Gasteiger partial charge is 0.367 e. The zero-order valence-electron chi connectivity index (χ0n) is 15.6. The van der Waals surface area contributed by atoms with Gasteiger partial charge in [-0.2, -0.15) is 5.26 Å². The quantitative estimate of drug-likeness (QED) is 0.840. The van der Waals surface area contributed by atoms with Gasteiger partial charge in [-0.15, -0.1) is 0 Å². The summed E-state index contributed by atoms with van der Waals surface area (Å²) in [7, 11) is -3.74. The van der Waals surface area contributed by atoms with Crippen LogP contribution in [0.15, 0.2) is 34.3 Å². The number of aryl methyl sites for hydroxylation is 1. The van der Waals surface area contributed by atoms with E-state index in [9.17, 15) is 23.2 Å². The van der Waals surface area contributed by atoms with Gasteiger partial charge in [-0.3, -0.25) is 0 Å². The van der Waals surface area contributed by atoms with Crippen molar-refractivity contribution in [2.24, 2.45) is 4.99 Å². The van der Waals surface area contributed by atoms with Crippen LogP contribution in [0.2, 0.25) is 0 Å². The van der Waals surface area contributed by atoms with E-state index < -0.39 is 15.6 Å². The maximum Gasteiger partial charge on any atom is 0.194 e. The summed E-state index contributed by atoms with van der Waals surface area (Å²) in [4.78, 5) is 9.91. The zero-order valence-corrected chi connectivity index (χ0v) is 16.5. The molecule has 1 unspecified atom stereocenters. The summed E-state index contributed by atoms with van der Waals surface area (Å²) in [5.74, 6) is -0.323. The van der Waals surface area contributed by atoms with E-state index in [0.717, 1.165) is 11.8 Å². The van der Waals surface area contributed by atoms with Crippen LogP contribution in [0.4, 0.5) is 10.1 Å². The van der Waals surface area contributed by atoms with E-state index in [1.165, 1.54) is 25.4 Å². The Labute approximate surface area is 162 Å². The molecule has 3 rings (SSSR count). The molecule has 2 aromatic rings. The lowest BCUT2D eigenvalue weighted by Gasteiger charge is -2.40. The molecule has 1 N–H and O–H groups in total. The smallest absolute Gasteiger partial charge is 0.194 e. The lowest BCUT2D eigenvalue weighted by molar-refractivity contribution is -0.0583. The van der Waals surface area contributed by atoms with E-state index in [1.54, 1.807) is 24.0 Å². The number of aromatic nitrogens is 1. The number of halogens is 1. The number of aliphatic hydroxyl groups is 1. The van der Waals surface area contributed by atoms with Crippen LogP contribution in [0.5, 0.6) is 0 Å². The lowest BCUT2D eigenvalue weighted by Crippen LogP contribution is -2.46. The van der Waals surface area contributed by atoms with E-state index in [-0.39, 0.29) is 33.4 Å². The molecule has 1 atom stereocenters. The number of benzene rings is 1. The van der Waals surface area contributed by atoms with E-state index >= 15 is 0 Å². The van der Waals surface area contributed by atoms with Gasteiger partial charge in [0.25, 0.3) is 0 Å². The Morgan fingerprint density at radius 2 is 1.96 bits per heavy atom. The molecule has 0 fully saturated rings. The molecular formula is C19H19FN4O3S. The second-order valence-electron chi connectivity index (χ2n) is 6.82. The lowest BCUT2D eigenvalue weighted by atomic mass is 9.95. The normalized spacial score (nSPS) is 18.6. The highest BCUT2D eigenvalue weighted by molar-refractivity contribution is 7.90. The summed E-state index contributed by atoms with van der Waals surface area (Å²) in [5, 5.41) is 20.3. The van der Waals surface area contributed by atoms with Crippen LogP contribution in [-0.4, -0.2) is 42.5 Å². The van der Waals surface area contributed by atoms with Gasteiger partial charge in [0.2, 0.25) is 0 Å². The maximum atomic E-state index is 13.1. The molecule has 9 heteroatoms. The highest BCUT2D eigenvalue weighted by Gasteiger charge is 2.39. The monoisotopic (exact) mass is 402 g/mol. The van der Waals surface area contributed by atoms with Gasteiger partial charge in [-0.05, 0) is 38.0 Å². The van der Waals surface area contributed by atoms with Gasteiger partial charge in [-0.1, -0.05) is 12.1 Å². The Morgan fingerprint density at radius 1 is 1.32 bits per heavy atom. The fourth-order valence-electron chi connectivity index (χ4n) is 3.29. The Kier molecular flexibility index (Phi) is 4.95. The standard InChI is InChI=1S/C19H19FN4O3S/c1-12-16-17(15(10-21)18(23-12)28(3,26)27)22-11-24(19(16,2)25)9-8-13-4-6-14(20)7-5-13/h4-7,11,25H,8-9H2,1-3H3. The first-order valence-electron chi connectivity index (χ1n) is 8.48. The Hall–Kier alpha value is -2.83. The van der Waals surface area contributed by atoms with Crippen LogP contribution in [-0.2, 0) is 22.0 Å². The predicted molar refractivity (Wildman–Crippen MR) is 101 cm³/mol. The highest BCUT2D eigenvalue weighted by Crippen LogP contribution is 2.41. The molecule has 1 aliphatic rings. The first-order chi connectivity index (χ1) is 13.1. The molecular weight excluding hydrogens is 383 g/mol. The van der Waals surface area contributed by atoms with Crippen molar-refractivity contribution in [3.05, 3.63) is 52.5 Å². The number of hydrogen-bond acceptors (Lipinski definition) is 7. The molecule has 0 radical (unpaired) electrons. The molecule has 1 aromatic carbocycles. The first-order valence-corrected chi connectivity index (χ1v) is 10.4. The molecule has 0 saturated carbocycles. The second kappa shape index (κ2) is 6.96. The first kappa shape index (κ1) is 19.9. The number of pyridine rings is 1. The third kappa shape index (κ3) is 3.48. The summed E-state index contributed by atoms with van der Waals surface area (Å²) in [5.41, 5.74) is -0.163. The van der Waals surface area contributed by atoms with Crippen molar-refractivity contribution < 1.29 is 17.9 Å². The van der Waals surface area contributed by atoms with Crippen molar-refractivity contribution in [1.29, 1.82) is 5.26 Å². The summed E-state index contributed by atoms with van der Waals surface area (Å²) < 4.78 is 37.0. The zero-order chi connectivity index (χ0) is 20.7. The molecule has 7 nitrogen and oxygen atoms in total. The molecule has 146 valence electrons. The van der Waals surface area contributed by atoms with Crippen LogP contribution < -0.4 is 0 Å². The summed E-state index contributed by atoms with van der Waals surface area (Å²) in [6.45, 7) is 3.48. The van der Waals surface area contributed by atoms with Crippen molar-refractivity contribution in [3.8, 4) is 6.07 Å². The SMILES string of the molecule is Cc1nc(S(C)(=O)=O)c(C#N)c2c1C(C)(O)N(CCc1ccc(F)cc1)C=N2. The molecule has 0 saturated heterocycles. The minimum Gasteiger partial charge on any atom is -0.367 e. The number of fused-ring (bicyclic) bond motifs is 1. The average Bonchev–Trinajstić information content (AvgIpc) is 2.60. The summed E-state index contributed by atoms with van der Waals surface area (Å²) in [6.07, 6.45) is 2.89. The van der Waals surface area contributed by atoms with E-state index in [4.69, 9.17) is 0 Å². The van der Waals surface area contributed by atoms with Crippen molar-refractivity contribution in [2.75, 3.05) is 12.8 Å². The summed E-state index contributed by atoms with van der Waals surface area (Å²) >= 11 is 0. The van der Waals surface area contributed by atoms with E-state index in [0.29, 0.717) is 13.0 Å². The van der Waals surface area contributed by atoms with Crippen molar-refractivity contribution >= 4 is 21.9 Å². The van der Waals surface area contributed by atoms with Crippen LogP contribution in [0.3, 0.4) is 0 Å². The third-order valence-corrected chi connectivity index (χ3v) is 5.69. The van der Waals surface area contributed by atoms with Crippen LogP contribution in [0.1, 0.15) is 29.3 Å². The molecule has 1 aliphatic heterocycles. The molecule has 0 aliphatic carbocycles. The van der Waals surface area contributed by atoms with Crippen LogP contribution in [0, 0.1) is 24.1 Å². The van der Waals surface area contributed by atoms with Crippen LogP contribution in [0.25, 0.3) is 0 Å². The molecule has 0 amide bonds. The third-order valence-electron chi connectivity index (χ3n) is 4.70. The Balaban J connectivity index is 2.01. The number of rotatable bonds is 4. The molecule has 0 spiro atoms. The minimum atomic E-state index is -3.74. The number of aliphatic imine (C=N–C) groups is 1. The molecule has 28 heavy (non-hydrogen) atoms. The van der Waals surface area contributed by atoms with Gasteiger partial charge in [-0.25, -0.2) is 22.8 Å². The summed E-state index contributed by atoms with van der Waals surface area (Å²) in [6, 6.07) is 7.92. The predicted octanol–water partition coefficient (Wildman–Crippen LogP) is 2.19. The van der Waals surface area contributed by atoms with Crippen molar-refractivity contribution in [2.45, 2.75) is 31.0 Å². The van der Waals surface area contributed by atoms with Gasteiger partial charge in [0, 0.05) is 18.5 Å². The Bertz CT molecular complexity index is 1100. The van der Waals surface area contributed by atoms with Crippen molar-refractivity contribution in [1.82, 2.24) is 9.88 Å². The van der Waals surface area contributed by atoms with Crippen molar-refractivity contribution in [3.63, 3.8) is 0 Å². The van der Waals surface area contributed by atoms with Gasteiger partial charge in [0.15, 0.2) is 20.6 Å².